The summed E-state index contributed by atoms with van der Waals surface area (Å²) in [5.41, 5.74) is 5.99. The Balaban J connectivity index is 2.88. The molecule has 0 saturated carbocycles. The zero-order valence-corrected chi connectivity index (χ0v) is 10.5. The van der Waals surface area contributed by atoms with Crippen LogP contribution in [0.1, 0.15) is 5.56 Å². The van der Waals surface area contributed by atoms with Gasteiger partial charge in [0.05, 0.1) is 0 Å². The number of aliphatic imine (C=N–C) groups is 1. The molecule has 7 heteroatoms. The second-order valence-corrected chi connectivity index (χ2v) is 4.72. The van der Waals surface area contributed by atoms with Crippen molar-refractivity contribution in [1.29, 1.82) is 0 Å². The minimum Gasteiger partial charge on any atom is -0.374 e. The molecule has 1 aromatic rings. The lowest BCUT2D eigenvalue weighted by molar-refractivity contribution is 0.576. The van der Waals surface area contributed by atoms with Crippen LogP contribution in [-0.4, -0.2) is 18.9 Å². The lowest BCUT2D eigenvalue weighted by Crippen LogP contribution is -2.15. The van der Waals surface area contributed by atoms with E-state index in [0.29, 0.717) is 5.02 Å². The standard InChI is InChI=1S/C9H9ClN2O2S2/c10-7-3-1-6(2-4-7)5-8(16(13)14)12-9(11)15/h1-4H,5H2,(H2,11,15)(H,13,14). The van der Waals surface area contributed by atoms with Crippen LogP contribution in [0.5, 0.6) is 0 Å². The van der Waals surface area contributed by atoms with E-state index in [0.717, 1.165) is 5.56 Å². The Morgan fingerprint density at radius 1 is 1.50 bits per heavy atom. The first-order valence-electron chi connectivity index (χ1n) is 4.21. The number of hydrogen-bond acceptors (Lipinski definition) is 2. The minimum atomic E-state index is -2.18. The van der Waals surface area contributed by atoms with Gasteiger partial charge < -0.3 is 10.3 Å². The van der Waals surface area contributed by atoms with Crippen LogP contribution in [0.25, 0.3) is 0 Å². The molecule has 0 radical (unpaired) electrons. The molecule has 86 valence electrons. The molecule has 0 aromatic heterocycles. The third-order valence-electron chi connectivity index (χ3n) is 1.71. The Morgan fingerprint density at radius 2 is 2.06 bits per heavy atom. The maximum absolute atomic E-state index is 10.9. The second kappa shape index (κ2) is 6.05. The van der Waals surface area contributed by atoms with Gasteiger partial charge in [0.1, 0.15) is 5.04 Å². The van der Waals surface area contributed by atoms with Crippen molar-refractivity contribution < 1.29 is 8.76 Å². The lowest BCUT2D eigenvalue weighted by Gasteiger charge is -2.02. The molecule has 4 nitrogen and oxygen atoms in total. The summed E-state index contributed by atoms with van der Waals surface area (Å²) < 4.78 is 19.9. The number of nitrogens with zero attached hydrogens (tertiary/aromatic N) is 1. The van der Waals surface area contributed by atoms with Crippen molar-refractivity contribution in [3.63, 3.8) is 0 Å². The fraction of sp³-hybridized carbons (Fsp3) is 0.111. The van der Waals surface area contributed by atoms with Crippen LogP contribution < -0.4 is 5.73 Å². The van der Waals surface area contributed by atoms with Crippen LogP contribution in [0.3, 0.4) is 0 Å². The number of halogens is 1. The highest BCUT2D eigenvalue weighted by Gasteiger charge is 2.08. The van der Waals surface area contributed by atoms with Crippen molar-refractivity contribution in [3.05, 3.63) is 34.9 Å². The van der Waals surface area contributed by atoms with Crippen LogP contribution in [-0.2, 0) is 17.5 Å². The van der Waals surface area contributed by atoms with Crippen LogP contribution in [0, 0.1) is 0 Å². The number of thiocarbonyl (C=S) groups is 1. The summed E-state index contributed by atoms with van der Waals surface area (Å²) in [6.45, 7) is 0. The zero-order valence-electron chi connectivity index (χ0n) is 8.09. The summed E-state index contributed by atoms with van der Waals surface area (Å²) in [5.74, 6) is 0. The molecule has 16 heavy (non-hydrogen) atoms. The number of benzene rings is 1. The van der Waals surface area contributed by atoms with E-state index in [1.54, 1.807) is 24.3 Å². The van der Waals surface area contributed by atoms with Crippen molar-refractivity contribution >= 4 is 45.1 Å². The highest BCUT2D eigenvalue weighted by molar-refractivity contribution is 7.95. The summed E-state index contributed by atoms with van der Waals surface area (Å²) in [7, 11) is 0. The molecule has 0 aliphatic carbocycles. The van der Waals surface area contributed by atoms with Gasteiger partial charge in [0.2, 0.25) is 11.1 Å². The van der Waals surface area contributed by atoms with E-state index >= 15 is 0 Å². The van der Waals surface area contributed by atoms with Crippen molar-refractivity contribution in [3.8, 4) is 0 Å². The van der Waals surface area contributed by atoms with E-state index in [2.05, 4.69) is 17.2 Å². The van der Waals surface area contributed by atoms with Gasteiger partial charge in [0.15, 0.2) is 5.11 Å². The summed E-state index contributed by atoms with van der Waals surface area (Å²) in [6, 6.07) is 6.86. The summed E-state index contributed by atoms with van der Waals surface area (Å²) in [5, 5.41) is 0.461. The maximum atomic E-state index is 10.9. The van der Waals surface area contributed by atoms with Gasteiger partial charge >= 0.3 is 0 Å². The van der Waals surface area contributed by atoms with Crippen molar-refractivity contribution in [2.24, 2.45) is 10.7 Å². The first-order chi connectivity index (χ1) is 7.49. The lowest BCUT2D eigenvalue weighted by atomic mass is 10.2. The molecule has 1 aromatic carbocycles. The van der Waals surface area contributed by atoms with Crippen molar-refractivity contribution in [2.75, 3.05) is 0 Å². The van der Waals surface area contributed by atoms with Gasteiger partial charge in [-0.2, -0.15) is 0 Å². The molecule has 0 amide bonds. The van der Waals surface area contributed by atoms with Gasteiger partial charge in [-0.15, -0.1) is 0 Å². The minimum absolute atomic E-state index is 0.0230. The zero-order chi connectivity index (χ0) is 12.1. The summed E-state index contributed by atoms with van der Waals surface area (Å²) >= 11 is 8.09. The Morgan fingerprint density at radius 3 is 2.50 bits per heavy atom. The topological polar surface area (TPSA) is 75.7 Å². The van der Waals surface area contributed by atoms with Crippen molar-refractivity contribution in [2.45, 2.75) is 6.42 Å². The Kier molecular flexibility index (Phi) is 5.01. The smallest absolute Gasteiger partial charge is 0.201 e. The highest BCUT2D eigenvalue weighted by atomic mass is 35.5. The van der Waals surface area contributed by atoms with Crippen LogP contribution in [0.15, 0.2) is 29.3 Å². The Hall–Kier alpha value is -0.820. The predicted octanol–water partition coefficient (Wildman–Crippen LogP) is 1.75. The van der Waals surface area contributed by atoms with E-state index in [9.17, 15) is 4.21 Å². The molecule has 0 saturated heterocycles. The molecule has 1 unspecified atom stereocenters. The summed E-state index contributed by atoms with van der Waals surface area (Å²) in [4.78, 5) is 3.64. The van der Waals surface area contributed by atoms with Crippen LogP contribution in [0.4, 0.5) is 0 Å². The molecule has 0 aliphatic rings. The monoisotopic (exact) mass is 276 g/mol. The summed E-state index contributed by atoms with van der Waals surface area (Å²) in [6.07, 6.45) is 0.206. The molecule has 0 aliphatic heterocycles. The molecule has 1 atom stereocenters. The number of rotatable bonds is 2. The van der Waals surface area contributed by atoms with Gasteiger partial charge in [-0.1, -0.05) is 23.7 Å². The molecular weight excluding hydrogens is 268 g/mol. The molecule has 0 bridgehead atoms. The Labute approximate surface area is 106 Å². The fourth-order valence-corrected chi connectivity index (χ4v) is 1.80. The molecular formula is C9H9ClN2O2S2. The molecule has 1 rings (SSSR count). The van der Waals surface area contributed by atoms with E-state index in [1.807, 2.05) is 0 Å². The van der Waals surface area contributed by atoms with E-state index < -0.39 is 11.1 Å². The van der Waals surface area contributed by atoms with Gasteiger partial charge in [-0.25, -0.2) is 9.20 Å². The molecule has 0 heterocycles. The van der Waals surface area contributed by atoms with E-state index in [-0.39, 0.29) is 16.6 Å². The second-order valence-electron chi connectivity index (χ2n) is 2.90. The largest absolute Gasteiger partial charge is 0.374 e. The third kappa shape index (κ3) is 4.36. The first kappa shape index (κ1) is 13.2. The third-order valence-corrected chi connectivity index (χ3v) is 2.69. The van der Waals surface area contributed by atoms with Gasteiger partial charge in [-0.05, 0) is 29.9 Å². The van der Waals surface area contributed by atoms with E-state index in [1.165, 1.54) is 0 Å². The average Bonchev–Trinajstić information content (AvgIpc) is 2.19. The van der Waals surface area contributed by atoms with Gasteiger partial charge in [0.25, 0.3) is 0 Å². The first-order valence-corrected chi connectivity index (χ1v) is 6.10. The van der Waals surface area contributed by atoms with Gasteiger partial charge in [-0.3, -0.25) is 0 Å². The average molecular weight is 277 g/mol. The predicted molar refractivity (Wildman–Crippen MR) is 70.1 cm³/mol. The SMILES string of the molecule is NC(=S)N=C(Cc1ccc(Cl)cc1)S(=O)O. The number of hydrogen-bond donors (Lipinski definition) is 2. The molecule has 0 fully saturated rings. The quantitative estimate of drug-likeness (QED) is 0.373. The van der Waals surface area contributed by atoms with Crippen LogP contribution >= 0.6 is 23.8 Å². The Bertz CT molecular complexity index is 445. The molecule has 0 spiro atoms. The fourth-order valence-electron chi connectivity index (χ4n) is 1.04. The van der Waals surface area contributed by atoms with E-state index in [4.69, 9.17) is 21.9 Å². The molecule has 3 N–H and O–H groups in total. The van der Waals surface area contributed by atoms with Gasteiger partial charge in [0, 0.05) is 11.4 Å². The van der Waals surface area contributed by atoms with Crippen molar-refractivity contribution in [1.82, 2.24) is 0 Å². The maximum Gasteiger partial charge on any atom is 0.201 e. The normalized spacial score (nSPS) is 13.5. The highest BCUT2D eigenvalue weighted by Crippen LogP contribution is 2.11. The number of nitrogens with two attached hydrogens (primary N) is 1. The van der Waals surface area contributed by atoms with Crippen LogP contribution in [0.2, 0.25) is 5.02 Å².